The standard InChI is InChI=1S/C39H49N9O4S/c40-14-6-16-42-24-37(50)48(25-29-7-5-15-41-21-29)28-39(52)47(19-13-31-23-45-35-11-4-2-9-33(31)35)27-38(51)46(26-36(49)43-17-20-53)18-12-30-22-44-34-10-3-1-8-32(30)34/h1-5,7-11,15,21-23,42,44-45,53H,6,12-14,16-20,24-28,40H2,(H,43,49). The number of nitrogens with two attached hydrogens (primary N) is 1. The quantitative estimate of drug-likeness (QED) is 0.0496. The van der Waals surface area contributed by atoms with Crippen LogP contribution in [0, 0.1) is 0 Å². The van der Waals surface area contributed by atoms with Crippen molar-refractivity contribution in [2.24, 2.45) is 5.73 Å². The van der Waals surface area contributed by atoms with Gasteiger partial charge in [0, 0.05) is 78.5 Å². The van der Waals surface area contributed by atoms with E-state index in [1.807, 2.05) is 67.0 Å². The molecule has 3 heterocycles. The van der Waals surface area contributed by atoms with Crippen LogP contribution < -0.4 is 16.4 Å². The van der Waals surface area contributed by atoms with Gasteiger partial charge in [0.05, 0.1) is 19.6 Å². The third-order valence-corrected chi connectivity index (χ3v) is 9.28. The van der Waals surface area contributed by atoms with Crippen molar-refractivity contribution in [2.75, 3.05) is 64.7 Å². The number of aromatic amines is 2. The molecule has 280 valence electrons. The molecule has 5 rings (SSSR count). The fourth-order valence-electron chi connectivity index (χ4n) is 6.20. The summed E-state index contributed by atoms with van der Waals surface area (Å²) in [5.74, 6) is -0.857. The van der Waals surface area contributed by atoms with Crippen LogP contribution in [0.15, 0.2) is 85.5 Å². The summed E-state index contributed by atoms with van der Waals surface area (Å²) in [7, 11) is 0. The molecule has 53 heavy (non-hydrogen) atoms. The first-order valence-corrected chi connectivity index (χ1v) is 18.6. The summed E-state index contributed by atoms with van der Waals surface area (Å²) in [5.41, 5.74) is 10.4. The molecule has 0 aliphatic carbocycles. The molecule has 0 fully saturated rings. The third kappa shape index (κ3) is 11.4. The molecule has 0 aliphatic heterocycles. The molecule has 2 aromatic carbocycles. The van der Waals surface area contributed by atoms with Crippen LogP contribution in [0.3, 0.4) is 0 Å². The number of fused-ring (bicyclic) bond motifs is 2. The topological polar surface area (TPSA) is 173 Å². The van der Waals surface area contributed by atoms with E-state index >= 15 is 0 Å². The number of carbonyl (C=O) groups is 4. The minimum atomic E-state index is -0.381. The van der Waals surface area contributed by atoms with Gasteiger partial charge in [-0.15, -0.1) is 0 Å². The lowest BCUT2D eigenvalue weighted by atomic mass is 10.1. The molecular formula is C39H49N9O4S. The van der Waals surface area contributed by atoms with Gasteiger partial charge in [0.25, 0.3) is 0 Å². The molecule has 0 saturated heterocycles. The van der Waals surface area contributed by atoms with E-state index < -0.39 is 0 Å². The van der Waals surface area contributed by atoms with Crippen molar-refractivity contribution in [3.63, 3.8) is 0 Å². The van der Waals surface area contributed by atoms with Crippen molar-refractivity contribution in [1.29, 1.82) is 0 Å². The minimum Gasteiger partial charge on any atom is -0.361 e. The largest absolute Gasteiger partial charge is 0.361 e. The highest BCUT2D eigenvalue weighted by atomic mass is 32.1. The summed E-state index contributed by atoms with van der Waals surface area (Å²) >= 11 is 4.20. The van der Waals surface area contributed by atoms with Crippen LogP contribution in [0.5, 0.6) is 0 Å². The SMILES string of the molecule is NCCCNCC(=O)N(CC(=O)N(CCc1c[nH]c2ccccc12)CC(=O)N(CCc1c[nH]c2ccccc12)CC(=O)NCCS)Cc1cccnc1. The number of carbonyl (C=O) groups excluding carboxylic acids is 4. The van der Waals surface area contributed by atoms with Crippen molar-refractivity contribution in [3.05, 3.63) is 102 Å². The Kier molecular flexibility index (Phi) is 14.9. The number of amides is 4. The van der Waals surface area contributed by atoms with E-state index in [1.165, 1.54) is 14.7 Å². The first-order valence-electron chi connectivity index (χ1n) is 18.0. The Morgan fingerprint density at radius 1 is 0.736 bits per heavy atom. The highest BCUT2D eigenvalue weighted by Gasteiger charge is 2.26. The van der Waals surface area contributed by atoms with Gasteiger partial charge in [-0.05, 0) is 67.2 Å². The lowest BCUT2D eigenvalue weighted by Gasteiger charge is -2.30. The molecule has 0 radical (unpaired) electrons. The smallest absolute Gasteiger partial charge is 0.242 e. The summed E-state index contributed by atoms with van der Waals surface area (Å²) in [4.78, 5) is 70.1. The molecular weight excluding hydrogens is 691 g/mol. The molecule has 0 saturated carbocycles. The minimum absolute atomic E-state index is 0.0326. The second-order valence-electron chi connectivity index (χ2n) is 12.9. The number of hydrogen-bond donors (Lipinski definition) is 6. The lowest BCUT2D eigenvalue weighted by Crippen LogP contribution is -2.50. The number of benzene rings is 2. The Hall–Kier alpha value is -5.18. The van der Waals surface area contributed by atoms with Crippen LogP contribution >= 0.6 is 12.6 Å². The number of rotatable bonds is 21. The van der Waals surface area contributed by atoms with Gasteiger partial charge in [-0.1, -0.05) is 42.5 Å². The van der Waals surface area contributed by atoms with Crippen LogP contribution in [0.25, 0.3) is 21.8 Å². The number of hydrogen-bond acceptors (Lipinski definition) is 8. The van der Waals surface area contributed by atoms with Crippen LogP contribution in [-0.4, -0.2) is 118 Å². The number of nitrogens with one attached hydrogen (secondary N) is 4. The Morgan fingerprint density at radius 2 is 1.34 bits per heavy atom. The Bertz CT molecular complexity index is 1950. The monoisotopic (exact) mass is 739 g/mol. The van der Waals surface area contributed by atoms with E-state index in [2.05, 4.69) is 38.2 Å². The van der Waals surface area contributed by atoms with E-state index in [0.29, 0.717) is 44.6 Å². The van der Waals surface area contributed by atoms with Gasteiger partial charge in [-0.25, -0.2) is 0 Å². The van der Waals surface area contributed by atoms with Crippen molar-refractivity contribution in [3.8, 4) is 0 Å². The Labute approximate surface area is 315 Å². The van der Waals surface area contributed by atoms with E-state index in [0.717, 1.165) is 38.5 Å². The fraction of sp³-hybridized carbons (Fsp3) is 0.359. The van der Waals surface area contributed by atoms with Crippen molar-refractivity contribution < 1.29 is 19.2 Å². The fourth-order valence-corrected chi connectivity index (χ4v) is 6.31. The summed E-state index contributed by atoms with van der Waals surface area (Å²) in [6.07, 6.45) is 8.83. The summed E-state index contributed by atoms with van der Waals surface area (Å²) in [6, 6.07) is 19.5. The Balaban J connectivity index is 1.37. The van der Waals surface area contributed by atoms with Gasteiger partial charge < -0.3 is 41.0 Å². The first-order chi connectivity index (χ1) is 25.9. The number of thiol groups is 1. The van der Waals surface area contributed by atoms with Crippen molar-refractivity contribution in [1.82, 2.24) is 40.3 Å². The van der Waals surface area contributed by atoms with E-state index in [-0.39, 0.29) is 69.4 Å². The number of para-hydroxylation sites is 2. The molecule has 13 nitrogen and oxygen atoms in total. The molecule has 14 heteroatoms. The zero-order valence-corrected chi connectivity index (χ0v) is 30.8. The summed E-state index contributed by atoms with van der Waals surface area (Å²) in [6.45, 7) is 1.44. The van der Waals surface area contributed by atoms with Crippen LogP contribution in [0.2, 0.25) is 0 Å². The molecule has 0 unspecified atom stereocenters. The van der Waals surface area contributed by atoms with Gasteiger partial charge in [-0.2, -0.15) is 12.6 Å². The van der Waals surface area contributed by atoms with Crippen LogP contribution in [0.1, 0.15) is 23.1 Å². The van der Waals surface area contributed by atoms with Gasteiger partial charge in [0.15, 0.2) is 0 Å². The predicted molar refractivity (Wildman–Crippen MR) is 210 cm³/mol. The molecule has 0 atom stereocenters. The maximum absolute atomic E-state index is 14.3. The van der Waals surface area contributed by atoms with Gasteiger partial charge >= 0.3 is 0 Å². The van der Waals surface area contributed by atoms with Crippen molar-refractivity contribution in [2.45, 2.75) is 25.8 Å². The molecule has 3 aromatic heterocycles. The molecule has 0 aliphatic rings. The number of nitrogens with zero attached hydrogens (tertiary/aromatic N) is 4. The highest BCUT2D eigenvalue weighted by molar-refractivity contribution is 7.80. The van der Waals surface area contributed by atoms with E-state index in [9.17, 15) is 19.2 Å². The zero-order valence-electron chi connectivity index (χ0n) is 29.9. The number of pyridine rings is 1. The molecule has 4 amide bonds. The normalized spacial score (nSPS) is 11.1. The maximum atomic E-state index is 14.3. The van der Waals surface area contributed by atoms with Crippen LogP contribution in [0.4, 0.5) is 0 Å². The highest BCUT2D eigenvalue weighted by Crippen LogP contribution is 2.20. The van der Waals surface area contributed by atoms with Gasteiger partial charge in [-0.3, -0.25) is 24.2 Å². The van der Waals surface area contributed by atoms with Crippen molar-refractivity contribution >= 4 is 58.1 Å². The van der Waals surface area contributed by atoms with Crippen LogP contribution in [-0.2, 0) is 38.6 Å². The van der Waals surface area contributed by atoms with E-state index in [4.69, 9.17) is 5.73 Å². The number of aromatic nitrogens is 3. The Morgan fingerprint density at radius 3 is 1.92 bits per heavy atom. The average Bonchev–Trinajstić information content (AvgIpc) is 3.79. The first kappa shape index (κ1) is 39.0. The van der Waals surface area contributed by atoms with Gasteiger partial charge in [0.2, 0.25) is 23.6 Å². The third-order valence-electron chi connectivity index (χ3n) is 9.06. The zero-order chi connectivity index (χ0) is 37.4. The average molecular weight is 740 g/mol. The van der Waals surface area contributed by atoms with Gasteiger partial charge in [0.1, 0.15) is 6.54 Å². The summed E-state index contributed by atoms with van der Waals surface area (Å²) in [5, 5.41) is 7.99. The number of H-pyrrole nitrogens is 2. The second kappa shape index (κ2) is 20.2. The molecule has 5 aromatic rings. The molecule has 0 bridgehead atoms. The molecule has 0 spiro atoms. The maximum Gasteiger partial charge on any atom is 0.242 e. The summed E-state index contributed by atoms with van der Waals surface area (Å²) < 4.78 is 0. The lowest BCUT2D eigenvalue weighted by molar-refractivity contribution is -0.145. The predicted octanol–water partition coefficient (Wildman–Crippen LogP) is 2.50. The second-order valence-corrected chi connectivity index (χ2v) is 13.3. The molecule has 6 N–H and O–H groups in total. The van der Waals surface area contributed by atoms with E-state index in [1.54, 1.807) is 18.5 Å².